The van der Waals surface area contributed by atoms with Gasteiger partial charge in [0.15, 0.2) is 0 Å². The van der Waals surface area contributed by atoms with Gasteiger partial charge in [-0.3, -0.25) is 0 Å². The zero-order chi connectivity index (χ0) is 11.4. The molecule has 2 heterocycles. The Labute approximate surface area is 94.7 Å². The highest BCUT2D eigenvalue weighted by Gasteiger charge is 2.23. The minimum Gasteiger partial charge on any atom is -0.496 e. The number of methoxy groups -OCH3 is 2. The molecule has 0 amide bonds. The van der Waals surface area contributed by atoms with Crippen LogP contribution in [0.15, 0.2) is 12.3 Å². The Morgan fingerprint density at radius 2 is 2.31 bits per heavy atom. The van der Waals surface area contributed by atoms with Crippen LogP contribution in [-0.2, 0) is 4.74 Å². The van der Waals surface area contributed by atoms with Crippen LogP contribution in [0.1, 0.15) is 11.6 Å². The molecular weight excluding hydrogens is 208 g/mol. The van der Waals surface area contributed by atoms with Crippen LogP contribution in [0.4, 0.5) is 0 Å². The third-order valence-corrected chi connectivity index (χ3v) is 2.60. The van der Waals surface area contributed by atoms with Crippen molar-refractivity contribution in [3.63, 3.8) is 0 Å². The maximum absolute atomic E-state index is 5.43. The number of hydrogen-bond donors (Lipinski definition) is 1. The van der Waals surface area contributed by atoms with Gasteiger partial charge >= 0.3 is 0 Å². The minimum absolute atomic E-state index is 0.0762. The number of morpholine rings is 1. The van der Waals surface area contributed by atoms with Gasteiger partial charge in [0, 0.05) is 12.7 Å². The van der Waals surface area contributed by atoms with E-state index in [-0.39, 0.29) is 6.04 Å². The lowest BCUT2D eigenvalue weighted by atomic mass is 10.1. The molecule has 5 heteroatoms. The first-order chi connectivity index (χ1) is 7.86. The van der Waals surface area contributed by atoms with Gasteiger partial charge in [-0.1, -0.05) is 0 Å². The van der Waals surface area contributed by atoms with Crippen LogP contribution in [-0.4, -0.2) is 39.0 Å². The molecule has 1 fully saturated rings. The topological polar surface area (TPSA) is 52.6 Å². The zero-order valence-corrected chi connectivity index (χ0v) is 9.53. The lowest BCUT2D eigenvalue weighted by Gasteiger charge is -2.26. The third kappa shape index (κ3) is 2.10. The summed E-state index contributed by atoms with van der Waals surface area (Å²) in [5.74, 6) is 1.36. The second-order valence-electron chi connectivity index (χ2n) is 3.52. The summed E-state index contributed by atoms with van der Waals surface area (Å²) in [5, 5.41) is 3.36. The van der Waals surface area contributed by atoms with E-state index in [0.29, 0.717) is 12.5 Å². The molecule has 0 spiro atoms. The van der Waals surface area contributed by atoms with E-state index in [1.54, 1.807) is 20.4 Å². The molecule has 0 radical (unpaired) electrons. The SMILES string of the molecule is COc1ccnc(OC)c1C1COCCN1. The summed E-state index contributed by atoms with van der Waals surface area (Å²) in [6, 6.07) is 1.90. The van der Waals surface area contributed by atoms with E-state index in [0.717, 1.165) is 24.5 Å². The maximum Gasteiger partial charge on any atom is 0.221 e. The Balaban J connectivity index is 2.34. The highest BCUT2D eigenvalue weighted by atomic mass is 16.5. The van der Waals surface area contributed by atoms with Crippen molar-refractivity contribution in [1.82, 2.24) is 10.3 Å². The van der Waals surface area contributed by atoms with Crippen LogP contribution < -0.4 is 14.8 Å². The fourth-order valence-electron chi connectivity index (χ4n) is 1.85. The van der Waals surface area contributed by atoms with Gasteiger partial charge in [-0.05, 0) is 6.07 Å². The first-order valence-electron chi connectivity index (χ1n) is 5.25. The Hall–Kier alpha value is -1.33. The van der Waals surface area contributed by atoms with E-state index in [2.05, 4.69) is 10.3 Å². The Bertz CT molecular complexity index is 329. The fraction of sp³-hybridized carbons (Fsp3) is 0.545. The standard InChI is InChI=1S/C11H16N2O3/c1-14-9-3-4-13-11(15-2)10(9)8-7-16-6-5-12-8/h3-4,8,12H,5-7H2,1-2H3. The van der Waals surface area contributed by atoms with Crippen LogP contribution >= 0.6 is 0 Å². The average Bonchev–Trinajstić information content (AvgIpc) is 2.38. The third-order valence-electron chi connectivity index (χ3n) is 2.60. The molecule has 0 saturated carbocycles. The van der Waals surface area contributed by atoms with E-state index >= 15 is 0 Å². The number of nitrogens with zero attached hydrogens (tertiary/aromatic N) is 1. The number of rotatable bonds is 3. The van der Waals surface area contributed by atoms with Gasteiger partial charge in [-0.2, -0.15) is 0 Å². The normalized spacial score (nSPS) is 20.5. The quantitative estimate of drug-likeness (QED) is 0.821. The van der Waals surface area contributed by atoms with Crippen molar-refractivity contribution < 1.29 is 14.2 Å². The Morgan fingerprint density at radius 3 is 2.94 bits per heavy atom. The van der Waals surface area contributed by atoms with Gasteiger partial charge in [-0.15, -0.1) is 0 Å². The van der Waals surface area contributed by atoms with Gasteiger partial charge in [0.25, 0.3) is 0 Å². The van der Waals surface area contributed by atoms with E-state index < -0.39 is 0 Å². The van der Waals surface area contributed by atoms with Crippen molar-refractivity contribution in [3.05, 3.63) is 17.8 Å². The predicted octanol–water partition coefficient (Wildman–Crippen LogP) is 0.760. The summed E-state index contributed by atoms with van der Waals surface area (Å²) < 4.78 is 16.0. The maximum atomic E-state index is 5.43. The van der Waals surface area contributed by atoms with E-state index in [1.165, 1.54) is 0 Å². The number of pyridine rings is 1. The van der Waals surface area contributed by atoms with E-state index in [4.69, 9.17) is 14.2 Å². The number of ether oxygens (including phenoxy) is 3. The minimum atomic E-state index is 0.0762. The Kier molecular flexibility index (Phi) is 3.58. The van der Waals surface area contributed by atoms with Gasteiger partial charge in [0.05, 0.1) is 39.0 Å². The predicted molar refractivity (Wildman–Crippen MR) is 58.9 cm³/mol. The smallest absolute Gasteiger partial charge is 0.221 e. The van der Waals surface area contributed by atoms with Crippen LogP contribution in [0.25, 0.3) is 0 Å². The molecule has 1 atom stereocenters. The molecule has 16 heavy (non-hydrogen) atoms. The summed E-state index contributed by atoms with van der Waals surface area (Å²) in [4.78, 5) is 4.18. The fourth-order valence-corrected chi connectivity index (χ4v) is 1.85. The molecule has 1 aromatic heterocycles. The molecule has 1 aliphatic rings. The van der Waals surface area contributed by atoms with Crippen molar-refractivity contribution >= 4 is 0 Å². The molecular formula is C11H16N2O3. The molecule has 1 aliphatic heterocycles. The molecule has 2 rings (SSSR count). The molecule has 1 aromatic rings. The first kappa shape index (κ1) is 11.2. The van der Waals surface area contributed by atoms with Crippen LogP contribution in [0, 0.1) is 0 Å². The van der Waals surface area contributed by atoms with Gasteiger partial charge < -0.3 is 19.5 Å². The molecule has 88 valence electrons. The molecule has 0 aromatic carbocycles. The van der Waals surface area contributed by atoms with Crippen molar-refractivity contribution in [1.29, 1.82) is 0 Å². The summed E-state index contributed by atoms with van der Waals surface area (Å²) >= 11 is 0. The monoisotopic (exact) mass is 224 g/mol. The summed E-state index contributed by atoms with van der Waals surface area (Å²) in [5.41, 5.74) is 0.923. The van der Waals surface area contributed by atoms with Crippen LogP contribution in [0.2, 0.25) is 0 Å². The van der Waals surface area contributed by atoms with E-state index in [1.807, 2.05) is 6.07 Å². The number of aromatic nitrogens is 1. The molecule has 1 unspecified atom stereocenters. The largest absolute Gasteiger partial charge is 0.496 e. The second-order valence-corrected chi connectivity index (χ2v) is 3.52. The number of nitrogens with one attached hydrogen (secondary N) is 1. The lowest BCUT2D eigenvalue weighted by Crippen LogP contribution is -2.35. The molecule has 1 N–H and O–H groups in total. The summed E-state index contributed by atoms with van der Waals surface area (Å²) in [7, 11) is 3.25. The Morgan fingerprint density at radius 1 is 1.44 bits per heavy atom. The molecule has 0 aliphatic carbocycles. The molecule has 0 bridgehead atoms. The van der Waals surface area contributed by atoms with Crippen molar-refractivity contribution in [3.8, 4) is 11.6 Å². The highest BCUT2D eigenvalue weighted by Crippen LogP contribution is 2.32. The first-order valence-corrected chi connectivity index (χ1v) is 5.25. The van der Waals surface area contributed by atoms with Gasteiger partial charge in [0.1, 0.15) is 5.75 Å². The van der Waals surface area contributed by atoms with E-state index in [9.17, 15) is 0 Å². The van der Waals surface area contributed by atoms with Crippen LogP contribution in [0.3, 0.4) is 0 Å². The second kappa shape index (κ2) is 5.14. The molecule has 5 nitrogen and oxygen atoms in total. The summed E-state index contributed by atoms with van der Waals surface area (Å²) in [6.07, 6.45) is 1.67. The molecule has 1 saturated heterocycles. The van der Waals surface area contributed by atoms with Crippen molar-refractivity contribution in [2.75, 3.05) is 34.0 Å². The average molecular weight is 224 g/mol. The zero-order valence-electron chi connectivity index (χ0n) is 9.53. The highest BCUT2D eigenvalue weighted by molar-refractivity contribution is 5.42. The number of hydrogen-bond acceptors (Lipinski definition) is 5. The van der Waals surface area contributed by atoms with Gasteiger partial charge in [-0.25, -0.2) is 4.98 Å². The lowest BCUT2D eigenvalue weighted by molar-refractivity contribution is 0.0749. The van der Waals surface area contributed by atoms with Crippen molar-refractivity contribution in [2.24, 2.45) is 0 Å². The van der Waals surface area contributed by atoms with Crippen LogP contribution in [0.5, 0.6) is 11.6 Å². The van der Waals surface area contributed by atoms with Crippen molar-refractivity contribution in [2.45, 2.75) is 6.04 Å². The summed E-state index contributed by atoms with van der Waals surface area (Å²) in [6.45, 7) is 2.17. The van der Waals surface area contributed by atoms with Gasteiger partial charge in [0.2, 0.25) is 5.88 Å².